The van der Waals surface area contributed by atoms with E-state index in [1.165, 1.54) is 10.9 Å². The quantitative estimate of drug-likeness (QED) is 0.728. The molecule has 0 aliphatic heterocycles. The van der Waals surface area contributed by atoms with E-state index in [1.807, 2.05) is 36.4 Å². The molecule has 3 rings (SSSR count). The number of aryl methyl sites for hydroxylation is 1. The lowest BCUT2D eigenvalue weighted by atomic mass is 10.1. The molecule has 0 radical (unpaired) electrons. The molecule has 0 spiro atoms. The first-order valence-corrected chi connectivity index (χ1v) is 8.12. The SMILES string of the molecule is COCc1ccccc1C(=O)NCCc1c(C)[nH]c2ccccc12. The highest BCUT2D eigenvalue weighted by molar-refractivity contribution is 5.95. The summed E-state index contributed by atoms with van der Waals surface area (Å²) in [4.78, 5) is 15.8. The van der Waals surface area contributed by atoms with Gasteiger partial charge in [-0.25, -0.2) is 0 Å². The Hall–Kier alpha value is -2.59. The Morgan fingerprint density at radius 2 is 1.88 bits per heavy atom. The van der Waals surface area contributed by atoms with Crippen molar-refractivity contribution in [3.05, 3.63) is 70.9 Å². The lowest BCUT2D eigenvalue weighted by molar-refractivity contribution is 0.0949. The van der Waals surface area contributed by atoms with Crippen LogP contribution in [0.5, 0.6) is 0 Å². The van der Waals surface area contributed by atoms with E-state index >= 15 is 0 Å². The van der Waals surface area contributed by atoms with Crippen LogP contribution in [0.1, 0.15) is 27.2 Å². The maximum Gasteiger partial charge on any atom is 0.251 e. The van der Waals surface area contributed by atoms with Crippen LogP contribution in [0.3, 0.4) is 0 Å². The van der Waals surface area contributed by atoms with Gasteiger partial charge in [0.05, 0.1) is 6.61 Å². The number of H-pyrrole nitrogens is 1. The molecule has 4 heteroatoms. The second kappa shape index (κ2) is 7.32. The van der Waals surface area contributed by atoms with Crippen LogP contribution in [-0.4, -0.2) is 24.5 Å². The summed E-state index contributed by atoms with van der Waals surface area (Å²) in [6.45, 7) is 3.11. The summed E-state index contributed by atoms with van der Waals surface area (Å²) in [6, 6.07) is 15.8. The van der Waals surface area contributed by atoms with E-state index in [1.54, 1.807) is 7.11 Å². The van der Waals surface area contributed by atoms with Crippen molar-refractivity contribution in [2.45, 2.75) is 20.0 Å². The van der Waals surface area contributed by atoms with E-state index in [0.29, 0.717) is 18.7 Å². The van der Waals surface area contributed by atoms with Gasteiger partial charge in [0.1, 0.15) is 0 Å². The molecule has 4 nitrogen and oxygen atoms in total. The van der Waals surface area contributed by atoms with Crippen molar-refractivity contribution in [3.63, 3.8) is 0 Å². The number of aromatic amines is 1. The average molecular weight is 322 g/mol. The Morgan fingerprint density at radius 3 is 2.71 bits per heavy atom. The van der Waals surface area contributed by atoms with Gasteiger partial charge in [-0.05, 0) is 36.6 Å². The van der Waals surface area contributed by atoms with Gasteiger partial charge in [-0.15, -0.1) is 0 Å². The largest absolute Gasteiger partial charge is 0.380 e. The molecular formula is C20H22N2O2. The van der Waals surface area contributed by atoms with Gasteiger partial charge in [0.25, 0.3) is 5.91 Å². The Kier molecular flexibility index (Phi) is 4.96. The Labute approximate surface area is 141 Å². The fourth-order valence-corrected chi connectivity index (χ4v) is 3.08. The minimum absolute atomic E-state index is 0.0554. The number of benzene rings is 2. The van der Waals surface area contributed by atoms with Crippen LogP contribution in [0.15, 0.2) is 48.5 Å². The zero-order valence-electron chi connectivity index (χ0n) is 14.1. The minimum Gasteiger partial charge on any atom is -0.380 e. The molecule has 0 saturated heterocycles. The molecule has 0 bridgehead atoms. The summed E-state index contributed by atoms with van der Waals surface area (Å²) >= 11 is 0. The lowest BCUT2D eigenvalue weighted by Crippen LogP contribution is -2.26. The molecule has 0 fully saturated rings. The third kappa shape index (κ3) is 3.34. The summed E-state index contributed by atoms with van der Waals surface area (Å²) in [5, 5.41) is 4.25. The van der Waals surface area contributed by atoms with E-state index in [9.17, 15) is 4.79 Å². The van der Waals surface area contributed by atoms with E-state index in [-0.39, 0.29) is 5.91 Å². The number of fused-ring (bicyclic) bond motifs is 1. The molecule has 2 N–H and O–H groups in total. The van der Waals surface area contributed by atoms with Gasteiger partial charge in [0.2, 0.25) is 0 Å². The van der Waals surface area contributed by atoms with Gasteiger partial charge in [0.15, 0.2) is 0 Å². The fourth-order valence-electron chi connectivity index (χ4n) is 3.08. The maximum atomic E-state index is 12.4. The Bertz CT molecular complexity index is 852. The van der Waals surface area contributed by atoms with Gasteiger partial charge in [-0.3, -0.25) is 4.79 Å². The molecule has 0 saturated carbocycles. The molecule has 3 aromatic rings. The van der Waals surface area contributed by atoms with Gasteiger partial charge in [0, 0.05) is 35.8 Å². The summed E-state index contributed by atoms with van der Waals surface area (Å²) in [6.07, 6.45) is 0.800. The zero-order valence-corrected chi connectivity index (χ0v) is 14.1. The number of carbonyl (C=O) groups is 1. The van der Waals surface area contributed by atoms with Crippen LogP contribution >= 0.6 is 0 Å². The standard InChI is InChI=1S/C20H22N2O2/c1-14-16(18-9-5-6-10-19(18)22-14)11-12-21-20(23)17-8-4-3-7-15(17)13-24-2/h3-10,22H,11-13H2,1-2H3,(H,21,23). The molecule has 1 aromatic heterocycles. The summed E-state index contributed by atoms with van der Waals surface area (Å²) < 4.78 is 5.16. The van der Waals surface area contributed by atoms with Crippen LogP contribution in [0.2, 0.25) is 0 Å². The van der Waals surface area contributed by atoms with E-state index < -0.39 is 0 Å². The number of methoxy groups -OCH3 is 1. The van der Waals surface area contributed by atoms with Crippen molar-refractivity contribution < 1.29 is 9.53 Å². The fraction of sp³-hybridized carbons (Fsp3) is 0.250. The predicted octanol–water partition coefficient (Wildman–Crippen LogP) is 3.60. The van der Waals surface area contributed by atoms with Crippen molar-refractivity contribution in [1.29, 1.82) is 0 Å². The van der Waals surface area contributed by atoms with Crippen molar-refractivity contribution in [1.82, 2.24) is 10.3 Å². The van der Waals surface area contributed by atoms with E-state index in [2.05, 4.69) is 29.4 Å². The van der Waals surface area contributed by atoms with Gasteiger partial charge >= 0.3 is 0 Å². The van der Waals surface area contributed by atoms with E-state index in [0.717, 1.165) is 23.2 Å². The number of hydrogen-bond acceptors (Lipinski definition) is 2. The summed E-state index contributed by atoms with van der Waals surface area (Å²) in [5.41, 5.74) is 5.14. The Morgan fingerprint density at radius 1 is 1.12 bits per heavy atom. The molecule has 1 heterocycles. The highest BCUT2D eigenvalue weighted by Crippen LogP contribution is 2.22. The van der Waals surface area contributed by atoms with Crippen molar-refractivity contribution in [2.24, 2.45) is 0 Å². The molecule has 2 aromatic carbocycles. The third-order valence-corrected chi connectivity index (χ3v) is 4.25. The van der Waals surface area contributed by atoms with Crippen LogP contribution in [0.25, 0.3) is 10.9 Å². The van der Waals surface area contributed by atoms with Gasteiger partial charge in [-0.1, -0.05) is 36.4 Å². The summed E-state index contributed by atoms with van der Waals surface area (Å²) in [5.74, 6) is -0.0554. The number of ether oxygens (including phenoxy) is 1. The van der Waals surface area contributed by atoms with E-state index in [4.69, 9.17) is 4.74 Å². The summed E-state index contributed by atoms with van der Waals surface area (Å²) in [7, 11) is 1.63. The molecule has 0 aliphatic rings. The number of hydrogen-bond donors (Lipinski definition) is 2. The van der Waals surface area contributed by atoms with Crippen LogP contribution in [-0.2, 0) is 17.8 Å². The highest BCUT2D eigenvalue weighted by Gasteiger charge is 2.12. The monoisotopic (exact) mass is 322 g/mol. The number of carbonyl (C=O) groups excluding carboxylic acids is 1. The normalized spacial score (nSPS) is 10.9. The molecular weight excluding hydrogens is 300 g/mol. The van der Waals surface area contributed by atoms with Crippen LogP contribution in [0, 0.1) is 6.92 Å². The highest BCUT2D eigenvalue weighted by atomic mass is 16.5. The third-order valence-electron chi connectivity index (χ3n) is 4.25. The van der Waals surface area contributed by atoms with Crippen molar-refractivity contribution >= 4 is 16.8 Å². The van der Waals surface area contributed by atoms with Crippen LogP contribution < -0.4 is 5.32 Å². The minimum atomic E-state index is -0.0554. The topological polar surface area (TPSA) is 54.1 Å². The molecule has 0 aliphatic carbocycles. The lowest BCUT2D eigenvalue weighted by Gasteiger charge is -2.10. The number of amides is 1. The molecule has 0 unspecified atom stereocenters. The molecule has 0 atom stereocenters. The first-order chi connectivity index (χ1) is 11.7. The number of aromatic nitrogens is 1. The van der Waals surface area contributed by atoms with Gasteiger partial charge < -0.3 is 15.0 Å². The maximum absolute atomic E-state index is 12.4. The second-order valence-electron chi connectivity index (χ2n) is 5.87. The van der Waals surface area contributed by atoms with Crippen molar-refractivity contribution in [3.8, 4) is 0 Å². The molecule has 124 valence electrons. The molecule has 1 amide bonds. The first-order valence-electron chi connectivity index (χ1n) is 8.12. The second-order valence-corrected chi connectivity index (χ2v) is 5.87. The first kappa shape index (κ1) is 16.3. The smallest absolute Gasteiger partial charge is 0.251 e. The number of nitrogens with one attached hydrogen (secondary N) is 2. The van der Waals surface area contributed by atoms with Crippen molar-refractivity contribution in [2.75, 3.05) is 13.7 Å². The number of para-hydroxylation sites is 1. The van der Waals surface area contributed by atoms with Crippen LogP contribution in [0.4, 0.5) is 0 Å². The average Bonchev–Trinajstić information content (AvgIpc) is 2.91. The molecule has 24 heavy (non-hydrogen) atoms. The predicted molar refractivity (Wildman–Crippen MR) is 96.2 cm³/mol. The zero-order chi connectivity index (χ0) is 16.9. The Balaban J connectivity index is 1.68. The van der Waals surface area contributed by atoms with Gasteiger partial charge in [-0.2, -0.15) is 0 Å². The number of rotatable bonds is 6.